The number of ether oxygens (including phenoxy) is 1. The maximum absolute atomic E-state index is 13.6. The summed E-state index contributed by atoms with van der Waals surface area (Å²) in [5, 5.41) is 2.84. The number of fused-ring (bicyclic) bond motifs is 1. The third-order valence-corrected chi connectivity index (χ3v) is 9.36. The first-order chi connectivity index (χ1) is 21.7. The molecule has 0 atom stereocenters. The molecule has 6 rings (SSSR count). The molecule has 4 aromatic carbocycles. The van der Waals surface area contributed by atoms with Crippen LogP contribution in [0.4, 0.5) is 17.1 Å². The second-order valence-electron chi connectivity index (χ2n) is 10.9. The standard InChI is InChI=1S/C34H29N3O7S/c38-30-28-11-5-6-12-29(28)31(39)37(30)26-19-17-24(18-20-26)35-33(41)34(21-7-2-8-22-34)44-32(40)23-13-15-25(16-14-23)36-45(42,43)27-9-3-1-4-10-27/h1,3-6,9-20,36H,2,7-8,21-22H2,(H,35,41). The number of carbonyl (C=O) groups is 4. The van der Waals surface area contributed by atoms with Crippen LogP contribution in [0.5, 0.6) is 0 Å². The van der Waals surface area contributed by atoms with Gasteiger partial charge in [0.25, 0.3) is 27.7 Å². The van der Waals surface area contributed by atoms with Crippen molar-refractivity contribution in [1.82, 2.24) is 0 Å². The van der Waals surface area contributed by atoms with E-state index in [1.165, 1.54) is 36.4 Å². The van der Waals surface area contributed by atoms with Gasteiger partial charge in [-0.2, -0.15) is 0 Å². The van der Waals surface area contributed by atoms with E-state index in [1.807, 2.05) is 0 Å². The van der Waals surface area contributed by atoms with E-state index < -0.39 is 39.3 Å². The Hall–Kier alpha value is -5.29. The van der Waals surface area contributed by atoms with Crippen molar-refractivity contribution in [2.45, 2.75) is 42.6 Å². The van der Waals surface area contributed by atoms with Gasteiger partial charge in [0.15, 0.2) is 5.60 Å². The molecule has 1 heterocycles. The minimum Gasteiger partial charge on any atom is -0.445 e. The van der Waals surface area contributed by atoms with Crippen LogP contribution in [0.1, 0.15) is 63.2 Å². The maximum atomic E-state index is 13.6. The van der Waals surface area contributed by atoms with Crippen LogP contribution in [0.25, 0.3) is 0 Å². The Balaban J connectivity index is 1.14. The van der Waals surface area contributed by atoms with Crippen LogP contribution in [0.15, 0.2) is 108 Å². The smallest absolute Gasteiger partial charge is 0.339 e. The summed E-state index contributed by atoms with van der Waals surface area (Å²) in [6.45, 7) is 0. The van der Waals surface area contributed by atoms with Gasteiger partial charge < -0.3 is 10.1 Å². The highest BCUT2D eigenvalue weighted by Gasteiger charge is 2.44. The first kappa shape index (κ1) is 29.8. The Morgan fingerprint density at radius 1 is 0.689 bits per heavy atom. The highest BCUT2D eigenvalue weighted by atomic mass is 32.2. The third kappa shape index (κ3) is 5.94. The third-order valence-electron chi connectivity index (χ3n) is 7.97. The Morgan fingerprint density at radius 3 is 1.84 bits per heavy atom. The van der Waals surface area contributed by atoms with Gasteiger partial charge in [0.2, 0.25) is 0 Å². The highest BCUT2D eigenvalue weighted by molar-refractivity contribution is 7.92. The molecule has 1 saturated carbocycles. The first-order valence-corrected chi connectivity index (χ1v) is 16.0. The Morgan fingerprint density at radius 2 is 1.24 bits per heavy atom. The van der Waals surface area contributed by atoms with Crippen LogP contribution in [0, 0.1) is 0 Å². The van der Waals surface area contributed by atoms with Gasteiger partial charge >= 0.3 is 5.97 Å². The molecule has 2 aliphatic rings. The van der Waals surface area contributed by atoms with Gasteiger partial charge in [-0.05, 0) is 98.5 Å². The molecule has 1 aliphatic carbocycles. The molecule has 1 fully saturated rings. The van der Waals surface area contributed by atoms with E-state index in [4.69, 9.17) is 4.74 Å². The van der Waals surface area contributed by atoms with Gasteiger partial charge in [0.1, 0.15) is 0 Å². The fourth-order valence-corrected chi connectivity index (χ4v) is 6.67. The second kappa shape index (κ2) is 12.0. The molecule has 0 saturated heterocycles. The van der Waals surface area contributed by atoms with E-state index in [9.17, 15) is 27.6 Å². The number of nitrogens with zero attached hydrogens (tertiary/aromatic N) is 1. The van der Waals surface area contributed by atoms with Crippen molar-refractivity contribution >= 4 is 50.8 Å². The predicted octanol–water partition coefficient (Wildman–Crippen LogP) is 5.79. The van der Waals surface area contributed by atoms with E-state index in [0.29, 0.717) is 48.2 Å². The van der Waals surface area contributed by atoms with Gasteiger partial charge in [0, 0.05) is 11.4 Å². The number of sulfonamides is 1. The molecule has 0 aromatic heterocycles. The minimum absolute atomic E-state index is 0.108. The number of hydrogen-bond donors (Lipinski definition) is 2. The molecule has 0 spiro atoms. The van der Waals surface area contributed by atoms with Gasteiger partial charge in [-0.25, -0.2) is 18.1 Å². The molecule has 0 bridgehead atoms. The SMILES string of the molecule is O=C(OC1(C(=O)Nc2ccc(N3C(=O)c4ccccc4C3=O)cc2)CCCCC1)c1ccc(NS(=O)(=O)c2ccccc2)cc1. The van der Waals surface area contributed by atoms with Gasteiger partial charge in [-0.15, -0.1) is 0 Å². The van der Waals surface area contributed by atoms with Gasteiger partial charge in [-0.1, -0.05) is 36.8 Å². The van der Waals surface area contributed by atoms with Crippen LogP contribution >= 0.6 is 0 Å². The maximum Gasteiger partial charge on any atom is 0.339 e. The summed E-state index contributed by atoms with van der Waals surface area (Å²) in [5.41, 5.74) is 0.493. The minimum atomic E-state index is -3.80. The molecule has 10 nitrogen and oxygen atoms in total. The summed E-state index contributed by atoms with van der Waals surface area (Å²) in [6.07, 6.45) is 2.97. The zero-order valence-electron chi connectivity index (χ0n) is 24.1. The number of nitrogens with one attached hydrogen (secondary N) is 2. The monoisotopic (exact) mass is 623 g/mol. The van der Waals surface area contributed by atoms with Crippen molar-refractivity contribution in [3.63, 3.8) is 0 Å². The average Bonchev–Trinajstić information content (AvgIpc) is 3.31. The topological polar surface area (TPSA) is 139 Å². The van der Waals surface area contributed by atoms with E-state index >= 15 is 0 Å². The van der Waals surface area contributed by atoms with E-state index in [1.54, 1.807) is 66.7 Å². The fourth-order valence-electron chi connectivity index (χ4n) is 5.59. The van der Waals surface area contributed by atoms with Crippen LogP contribution in [0.3, 0.4) is 0 Å². The van der Waals surface area contributed by atoms with Crippen molar-refractivity contribution in [3.8, 4) is 0 Å². The lowest BCUT2D eigenvalue weighted by Gasteiger charge is -2.35. The summed E-state index contributed by atoms with van der Waals surface area (Å²) in [5.74, 6) is -2.01. The van der Waals surface area contributed by atoms with Crippen LogP contribution in [-0.2, 0) is 19.6 Å². The number of carbonyl (C=O) groups excluding carboxylic acids is 4. The van der Waals surface area contributed by atoms with Crippen molar-refractivity contribution < 1.29 is 32.3 Å². The van der Waals surface area contributed by atoms with Gasteiger partial charge in [-0.3, -0.25) is 19.1 Å². The van der Waals surface area contributed by atoms with E-state index in [0.717, 1.165) is 11.3 Å². The van der Waals surface area contributed by atoms with E-state index in [-0.39, 0.29) is 16.1 Å². The molecular weight excluding hydrogens is 594 g/mol. The predicted molar refractivity (Wildman–Crippen MR) is 168 cm³/mol. The Labute approximate surface area is 260 Å². The number of benzene rings is 4. The van der Waals surface area contributed by atoms with Crippen LogP contribution in [-0.4, -0.2) is 37.7 Å². The number of hydrogen-bond acceptors (Lipinski definition) is 7. The molecule has 0 radical (unpaired) electrons. The Kier molecular flexibility index (Phi) is 7.94. The fraction of sp³-hybridized carbons (Fsp3) is 0.176. The lowest BCUT2D eigenvalue weighted by atomic mass is 9.83. The molecule has 0 unspecified atom stereocenters. The molecule has 11 heteroatoms. The Bertz CT molecular complexity index is 1850. The number of imide groups is 1. The van der Waals surface area contributed by atoms with Crippen molar-refractivity contribution in [1.29, 1.82) is 0 Å². The largest absolute Gasteiger partial charge is 0.445 e. The normalized spacial score (nSPS) is 15.7. The van der Waals surface area contributed by atoms with Crippen molar-refractivity contribution in [3.05, 3.63) is 120 Å². The molecular formula is C34H29N3O7S. The van der Waals surface area contributed by atoms with Crippen LogP contribution in [0.2, 0.25) is 0 Å². The first-order valence-electron chi connectivity index (χ1n) is 14.5. The van der Waals surface area contributed by atoms with Crippen molar-refractivity contribution in [2.24, 2.45) is 0 Å². The molecule has 3 amide bonds. The number of anilines is 3. The number of esters is 1. The summed E-state index contributed by atoms with van der Waals surface area (Å²) in [7, 11) is -3.80. The van der Waals surface area contributed by atoms with E-state index in [2.05, 4.69) is 10.0 Å². The summed E-state index contributed by atoms with van der Waals surface area (Å²) in [4.78, 5) is 53.7. The van der Waals surface area contributed by atoms with Crippen molar-refractivity contribution in [2.75, 3.05) is 14.9 Å². The quantitative estimate of drug-likeness (QED) is 0.187. The van der Waals surface area contributed by atoms with Crippen LogP contribution < -0.4 is 14.9 Å². The summed E-state index contributed by atoms with van der Waals surface area (Å²) in [6, 6.07) is 26.7. The molecule has 45 heavy (non-hydrogen) atoms. The number of amides is 3. The zero-order chi connectivity index (χ0) is 31.6. The molecule has 2 N–H and O–H groups in total. The lowest BCUT2D eigenvalue weighted by molar-refractivity contribution is -0.138. The summed E-state index contributed by atoms with van der Waals surface area (Å²) >= 11 is 0. The molecule has 1 aliphatic heterocycles. The number of rotatable bonds is 8. The highest BCUT2D eigenvalue weighted by Crippen LogP contribution is 2.35. The molecule has 228 valence electrons. The second-order valence-corrected chi connectivity index (χ2v) is 12.6. The van der Waals surface area contributed by atoms with Gasteiger partial charge in [0.05, 0.1) is 27.3 Å². The zero-order valence-corrected chi connectivity index (χ0v) is 24.9. The molecule has 4 aromatic rings. The lowest BCUT2D eigenvalue weighted by Crippen LogP contribution is -2.48. The summed E-state index contributed by atoms with van der Waals surface area (Å²) < 4.78 is 33.6. The average molecular weight is 624 g/mol.